The molecule has 0 aliphatic carbocycles. The van der Waals surface area contributed by atoms with Gasteiger partial charge in [0.15, 0.2) is 0 Å². The fourth-order valence-electron chi connectivity index (χ4n) is 2.62. The van der Waals surface area contributed by atoms with E-state index in [4.69, 9.17) is 0 Å². The highest BCUT2D eigenvalue weighted by Gasteiger charge is 1.99. The van der Waals surface area contributed by atoms with Crippen LogP contribution in [-0.2, 0) is 4.79 Å². The van der Waals surface area contributed by atoms with Gasteiger partial charge in [-0.25, -0.2) is 5.43 Å². The molecule has 1 amide bonds. The Morgan fingerprint density at radius 3 is 2.20 bits per heavy atom. The number of nitrogens with one attached hydrogen (secondary N) is 1. The second kappa shape index (κ2) is 14.4. The summed E-state index contributed by atoms with van der Waals surface area (Å²) in [6.45, 7) is 4.13. The van der Waals surface area contributed by atoms with Crippen LogP contribution in [0.5, 0.6) is 0 Å². The SMILES string of the molecule is CCCCCCCCCCCC(=O)NN=C(C)C=Cc1ccccc1. The molecule has 0 heterocycles. The van der Waals surface area contributed by atoms with Crippen molar-refractivity contribution in [3.05, 3.63) is 42.0 Å². The maximum Gasteiger partial charge on any atom is 0.240 e. The van der Waals surface area contributed by atoms with Crippen LogP contribution in [0.1, 0.15) is 83.6 Å². The Bertz CT molecular complexity index is 520. The number of amides is 1. The molecule has 0 unspecified atom stereocenters. The van der Waals surface area contributed by atoms with Crippen molar-refractivity contribution in [3.8, 4) is 0 Å². The van der Waals surface area contributed by atoms with Crippen molar-refractivity contribution < 1.29 is 4.79 Å². The summed E-state index contributed by atoms with van der Waals surface area (Å²) in [5.74, 6) is 0.00964. The van der Waals surface area contributed by atoms with E-state index in [1.165, 1.54) is 44.9 Å². The third-order valence-electron chi connectivity index (χ3n) is 4.18. The van der Waals surface area contributed by atoms with Gasteiger partial charge in [-0.2, -0.15) is 5.10 Å². The van der Waals surface area contributed by atoms with Crippen molar-refractivity contribution in [2.45, 2.75) is 78.1 Å². The van der Waals surface area contributed by atoms with Crippen LogP contribution < -0.4 is 5.43 Å². The van der Waals surface area contributed by atoms with E-state index in [1.54, 1.807) is 0 Å². The van der Waals surface area contributed by atoms with Crippen molar-refractivity contribution >= 4 is 17.7 Å². The lowest BCUT2D eigenvalue weighted by Crippen LogP contribution is -2.18. The van der Waals surface area contributed by atoms with Gasteiger partial charge >= 0.3 is 0 Å². The molecule has 1 aromatic carbocycles. The Balaban J connectivity index is 2.07. The van der Waals surface area contributed by atoms with Crippen LogP contribution in [0.25, 0.3) is 6.08 Å². The summed E-state index contributed by atoms with van der Waals surface area (Å²) < 4.78 is 0. The molecule has 1 aromatic rings. The smallest absolute Gasteiger partial charge is 0.240 e. The van der Waals surface area contributed by atoms with Crippen LogP contribution >= 0.6 is 0 Å². The van der Waals surface area contributed by atoms with Crippen molar-refractivity contribution in [1.29, 1.82) is 0 Å². The first-order valence-electron chi connectivity index (χ1n) is 9.78. The zero-order valence-corrected chi connectivity index (χ0v) is 16.0. The van der Waals surface area contributed by atoms with Gasteiger partial charge in [0.2, 0.25) is 5.91 Å². The van der Waals surface area contributed by atoms with E-state index < -0.39 is 0 Å². The van der Waals surface area contributed by atoms with Gasteiger partial charge in [-0.1, -0.05) is 94.7 Å². The fourth-order valence-corrected chi connectivity index (χ4v) is 2.62. The molecule has 138 valence electrons. The van der Waals surface area contributed by atoms with E-state index in [2.05, 4.69) is 17.5 Å². The zero-order chi connectivity index (χ0) is 18.2. The molecule has 0 atom stereocenters. The lowest BCUT2D eigenvalue weighted by Gasteiger charge is -2.02. The summed E-state index contributed by atoms with van der Waals surface area (Å²) in [5.41, 5.74) is 4.56. The molecular weight excluding hydrogens is 308 g/mol. The molecule has 3 heteroatoms. The van der Waals surface area contributed by atoms with E-state index in [9.17, 15) is 4.79 Å². The van der Waals surface area contributed by atoms with Gasteiger partial charge in [0.25, 0.3) is 0 Å². The fraction of sp³-hybridized carbons (Fsp3) is 0.545. The number of hydrazone groups is 1. The minimum Gasteiger partial charge on any atom is -0.273 e. The molecule has 1 rings (SSSR count). The molecule has 0 fully saturated rings. The molecule has 0 aromatic heterocycles. The van der Waals surface area contributed by atoms with Crippen molar-refractivity contribution in [1.82, 2.24) is 5.43 Å². The van der Waals surface area contributed by atoms with Crippen LogP contribution in [0.2, 0.25) is 0 Å². The summed E-state index contributed by atoms with van der Waals surface area (Å²) in [4.78, 5) is 11.8. The molecule has 0 saturated carbocycles. The van der Waals surface area contributed by atoms with Crippen molar-refractivity contribution in [2.24, 2.45) is 5.10 Å². The predicted molar refractivity (Wildman–Crippen MR) is 109 cm³/mol. The van der Waals surface area contributed by atoms with Crippen LogP contribution in [0.15, 0.2) is 41.5 Å². The molecule has 1 N–H and O–H groups in total. The zero-order valence-electron chi connectivity index (χ0n) is 16.0. The summed E-state index contributed by atoms with van der Waals surface area (Å²) >= 11 is 0. The number of hydrogen-bond acceptors (Lipinski definition) is 2. The molecule has 25 heavy (non-hydrogen) atoms. The summed E-state index contributed by atoms with van der Waals surface area (Å²) in [7, 11) is 0. The van der Waals surface area contributed by atoms with E-state index in [-0.39, 0.29) is 5.91 Å². The summed E-state index contributed by atoms with van der Waals surface area (Å²) in [5, 5.41) is 4.13. The largest absolute Gasteiger partial charge is 0.273 e. The third-order valence-corrected chi connectivity index (χ3v) is 4.18. The maximum absolute atomic E-state index is 11.8. The van der Waals surface area contributed by atoms with E-state index in [1.807, 2.05) is 49.4 Å². The molecule has 0 aliphatic heterocycles. The van der Waals surface area contributed by atoms with E-state index in [0.717, 1.165) is 24.1 Å². The molecule has 0 bridgehead atoms. The molecule has 0 spiro atoms. The molecular formula is C22H34N2O. The summed E-state index contributed by atoms with van der Waals surface area (Å²) in [6, 6.07) is 10.1. The summed E-state index contributed by atoms with van der Waals surface area (Å²) in [6.07, 6.45) is 15.8. The number of hydrogen-bond donors (Lipinski definition) is 1. The topological polar surface area (TPSA) is 41.5 Å². The number of benzene rings is 1. The highest BCUT2D eigenvalue weighted by atomic mass is 16.2. The van der Waals surface area contributed by atoms with Crippen LogP contribution in [0.3, 0.4) is 0 Å². The van der Waals surface area contributed by atoms with Gasteiger partial charge < -0.3 is 0 Å². The number of carbonyl (C=O) groups excluding carboxylic acids is 1. The highest BCUT2D eigenvalue weighted by Crippen LogP contribution is 2.10. The minimum absolute atomic E-state index is 0.00964. The minimum atomic E-state index is 0.00964. The average Bonchev–Trinajstić information content (AvgIpc) is 2.64. The second-order valence-electron chi connectivity index (χ2n) is 6.61. The van der Waals surface area contributed by atoms with E-state index in [0.29, 0.717) is 6.42 Å². The van der Waals surface area contributed by atoms with Gasteiger partial charge in [0.1, 0.15) is 0 Å². The Morgan fingerprint density at radius 1 is 0.960 bits per heavy atom. The molecule has 0 aliphatic rings. The number of unbranched alkanes of at least 4 members (excludes halogenated alkanes) is 8. The second-order valence-corrected chi connectivity index (χ2v) is 6.61. The monoisotopic (exact) mass is 342 g/mol. The Morgan fingerprint density at radius 2 is 1.56 bits per heavy atom. The Kier molecular flexibility index (Phi) is 12.2. The first-order valence-corrected chi connectivity index (χ1v) is 9.78. The lowest BCUT2D eigenvalue weighted by atomic mass is 10.1. The van der Waals surface area contributed by atoms with Crippen molar-refractivity contribution in [3.63, 3.8) is 0 Å². The third kappa shape index (κ3) is 12.2. The van der Waals surface area contributed by atoms with Gasteiger partial charge in [0.05, 0.1) is 5.71 Å². The van der Waals surface area contributed by atoms with Gasteiger partial charge in [-0.3, -0.25) is 4.79 Å². The van der Waals surface area contributed by atoms with Crippen LogP contribution in [0, 0.1) is 0 Å². The van der Waals surface area contributed by atoms with Crippen LogP contribution in [-0.4, -0.2) is 11.6 Å². The van der Waals surface area contributed by atoms with Crippen molar-refractivity contribution in [2.75, 3.05) is 0 Å². The Hall–Kier alpha value is -1.90. The number of carbonyl (C=O) groups is 1. The first kappa shape index (κ1) is 21.1. The van der Waals surface area contributed by atoms with Gasteiger partial charge in [-0.15, -0.1) is 0 Å². The molecule has 0 saturated heterocycles. The highest BCUT2D eigenvalue weighted by molar-refractivity contribution is 5.96. The normalized spacial score (nSPS) is 11.8. The number of allylic oxidation sites excluding steroid dienone is 1. The standard InChI is InChI=1S/C22H34N2O/c1-3-4-5-6-7-8-9-10-14-17-22(25)24-23-20(2)18-19-21-15-12-11-13-16-21/h11-13,15-16,18-19H,3-10,14,17H2,1-2H3,(H,24,25). The number of rotatable bonds is 13. The quantitative estimate of drug-likeness (QED) is 0.262. The number of nitrogens with zero attached hydrogens (tertiary/aromatic N) is 1. The molecule has 0 radical (unpaired) electrons. The van der Waals surface area contributed by atoms with Crippen LogP contribution in [0.4, 0.5) is 0 Å². The lowest BCUT2D eigenvalue weighted by molar-refractivity contribution is -0.121. The average molecular weight is 343 g/mol. The van der Waals surface area contributed by atoms with Gasteiger partial charge in [0, 0.05) is 6.42 Å². The maximum atomic E-state index is 11.8. The van der Waals surface area contributed by atoms with Gasteiger partial charge in [-0.05, 0) is 25.0 Å². The predicted octanol–water partition coefficient (Wildman–Crippen LogP) is 6.11. The Labute approximate surface area is 153 Å². The molecule has 3 nitrogen and oxygen atoms in total. The van der Waals surface area contributed by atoms with E-state index >= 15 is 0 Å². The first-order chi connectivity index (χ1) is 12.2.